The van der Waals surface area contributed by atoms with Crippen LogP contribution in [0.4, 0.5) is 0 Å². The van der Waals surface area contributed by atoms with Crippen LogP contribution < -0.4 is 0 Å². The zero-order valence-corrected chi connectivity index (χ0v) is 21.9. The molecule has 2 heteroatoms. The van der Waals surface area contributed by atoms with E-state index >= 15 is 0 Å². The minimum absolute atomic E-state index is 0.0340. The van der Waals surface area contributed by atoms with Gasteiger partial charge >= 0.3 is 0 Å². The van der Waals surface area contributed by atoms with Crippen molar-refractivity contribution in [3.05, 3.63) is 0 Å². The van der Waals surface area contributed by atoms with Crippen molar-refractivity contribution in [2.24, 2.45) is 41.4 Å². The molecular formula is C31H56O2. The quantitative estimate of drug-likeness (QED) is 0.340. The third-order valence-electron chi connectivity index (χ3n) is 10.9. The van der Waals surface area contributed by atoms with Crippen LogP contribution in [0.25, 0.3) is 0 Å². The summed E-state index contributed by atoms with van der Waals surface area (Å²) in [6.07, 6.45) is 28.0. The average Bonchev–Trinajstić information content (AvgIpc) is 2.86. The van der Waals surface area contributed by atoms with Crippen LogP contribution in [0, 0.1) is 41.4 Å². The van der Waals surface area contributed by atoms with Crippen LogP contribution in [0.15, 0.2) is 0 Å². The van der Waals surface area contributed by atoms with E-state index in [0.29, 0.717) is 11.8 Å². The maximum Gasteiger partial charge on any atom is 0.0571 e. The largest absolute Gasteiger partial charge is 0.393 e. The third kappa shape index (κ3) is 6.99. The molecule has 2 N–H and O–H groups in total. The molecule has 0 amide bonds. The maximum atomic E-state index is 11.0. The second kappa shape index (κ2) is 13.3. The van der Waals surface area contributed by atoms with Gasteiger partial charge in [0.25, 0.3) is 0 Å². The van der Waals surface area contributed by atoms with Gasteiger partial charge in [-0.1, -0.05) is 96.8 Å². The molecule has 4 aliphatic carbocycles. The Morgan fingerprint density at radius 1 is 0.576 bits per heavy atom. The lowest BCUT2D eigenvalue weighted by Crippen LogP contribution is -2.42. The summed E-state index contributed by atoms with van der Waals surface area (Å²) in [6.45, 7) is 2.33. The Morgan fingerprint density at radius 3 is 1.52 bits per heavy atom. The summed E-state index contributed by atoms with van der Waals surface area (Å²) in [5, 5.41) is 22.0. The SMILES string of the molecule is CCCCCCC(C1CCC(O)C(C2CCCCC2)C1)C1CCC(O)C(C2CCCCC2)C1. The summed E-state index contributed by atoms with van der Waals surface area (Å²) in [6, 6.07) is 0. The normalized spacial score (nSPS) is 38.3. The van der Waals surface area contributed by atoms with Crippen LogP contribution in [0.5, 0.6) is 0 Å². The first-order valence-corrected chi connectivity index (χ1v) is 15.5. The van der Waals surface area contributed by atoms with Gasteiger partial charge < -0.3 is 10.2 Å². The zero-order valence-electron chi connectivity index (χ0n) is 21.9. The Bertz CT molecular complexity index is 493. The molecule has 0 aromatic carbocycles. The van der Waals surface area contributed by atoms with Gasteiger partial charge in [0, 0.05) is 0 Å². The van der Waals surface area contributed by atoms with Crippen molar-refractivity contribution in [1.82, 2.24) is 0 Å². The topological polar surface area (TPSA) is 40.5 Å². The van der Waals surface area contributed by atoms with Crippen LogP contribution in [-0.2, 0) is 0 Å². The highest BCUT2D eigenvalue weighted by atomic mass is 16.3. The van der Waals surface area contributed by atoms with Gasteiger partial charge in [-0.3, -0.25) is 0 Å². The van der Waals surface area contributed by atoms with Gasteiger partial charge in [0.2, 0.25) is 0 Å². The lowest BCUT2D eigenvalue weighted by atomic mass is 9.59. The molecule has 0 spiro atoms. The van der Waals surface area contributed by atoms with Gasteiger partial charge in [-0.05, 0) is 86.4 Å². The fourth-order valence-electron chi connectivity index (χ4n) is 9.03. The predicted octanol–water partition coefficient (Wildman–Crippen LogP) is 8.29. The highest BCUT2D eigenvalue weighted by Gasteiger charge is 2.43. The summed E-state index contributed by atoms with van der Waals surface area (Å²) in [5.74, 6) is 5.24. The molecular weight excluding hydrogens is 404 g/mol. The molecule has 0 aromatic rings. The molecule has 4 fully saturated rings. The number of aliphatic hydroxyl groups excluding tert-OH is 2. The Labute approximate surface area is 205 Å². The molecule has 33 heavy (non-hydrogen) atoms. The van der Waals surface area contributed by atoms with E-state index in [2.05, 4.69) is 6.92 Å². The zero-order chi connectivity index (χ0) is 23.0. The first kappa shape index (κ1) is 26.0. The number of rotatable bonds is 9. The van der Waals surface area contributed by atoms with Crippen LogP contribution in [0.2, 0.25) is 0 Å². The highest BCUT2D eigenvalue weighted by Crippen LogP contribution is 2.50. The maximum absolute atomic E-state index is 11.0. The first-order valence-electron chi connectivity index (χ1n) is 15.5. The summed E-state index contributed by atoms with van der Waals surface area (Å²) >= 11 is 0. The molecule has 6 atom stereocenters. The van der Waals surface area contributed by atoms with Gasteiger partial charge in [0.1, 0.15) is 0 Å². The van der Waals surface area contributed by atoms with Crippen molar-refractivity contribution >= 4 is 0 Å². The Hall–Kier alpha value is -0.0800. The van der Waals surface area contributed by atoms with E-state index in [0.717, 1.165) is 42.4 Å². The molecule has 4 aliphatic rings. The van der Waals surface area contributed by atoms with Gasteiger partial charge in [-0.15, -0.1) is 0 Å². The molecule has 6 unspecified atom stereocenters. The first-order chi connectivity index (χ1) is 16.2. The molecule has 4 rings (SSSR count). The van der Waals surface area contributed by atoms with Crippen molar-refractivity contribution in [2.45, 2.75) is 154 Å². The fourth-order valence-corrected chi connectivity index (χ4v) is 9.03. The summed E-state index contributed by atoms with van der Waals surface area (Å²) in [5.41, 5.74) is 0. The lowest BCUT2D eigenvalue weighted by molar-refractivity contribution is -0.0391. The molecule has 4 saturated carbocycles. The van der Waals surface area contributed by atoms with E-state index in [1.54, 1.807) is 0 Å². The monoisotopic (exact) mass is 460 g/mol. The van der Waals surface area contributed by atoms with E-state index in [1.165, 1.54) is 122 Å². The number of aliphatic hydroxyl groups is 2. The molecule has 0 aromatic heterocycles. The smallest absolute Gasteiger partial charge is 0.0571 e. The van der Waals surface area contributed by atoms with Gasteiger partial charge in [-0.25, -0.2) is 0 Å². The molecule has 192 valence electrons. The van der Waals surface area contributed by atoms with Crippen molar-refractivity contribution < 1.29 is 10.2 Å². The number of unbranched alkanes of at least 4 members (excludes halogenated alkanes) is 3. The molecule has 0 heterocycles. The summed E-state index contributed by atoms with van der Waals surface area (Å²) in [4.78, 5) is 0. The van der Waals surface area contributed by atoms with Crippen molar-refractivity contribution in [3.8, 4) is 0 Å². The van der Waals surface area contributed by atoms with Crippen LogP contribution in [0.1, 0.15) is 142 Å². The lowest BCUT2D eigenvalue weighted by Gasteiger charge is -2.47. The van der Waals surface area contributed by atoms with Crippen LogP contribution in [-0.4, -0.2) is 22.4 Å². The van der Waals surface area contributed by atoms with Gasteiger partial charge in [0.15, 0.2) is 0 Å². The standard InChI is InChI=1S/C31H56O2/c1-2-3-4-11-16-27(25-17-19-30(32)28(21-25)23-12-7-5-8-13-23)26-18-20-31(33)29(22-26)24-14-9-6-10-15-24/h23-33H,2-22H2,1H3. The van der Waals surface area contributed by atoms with E-state index in [4.69, 9.17) is 0 Å². The van der Waals surface area contributed by atoms with Crippen molar-refractivity contribution in [1.29, 1.82) is 0 Å². The van der Waals surface area contributed by atoms with Gasteiger partial charge in [0.05, 0.1) is 12.2 Å². The van der Waals surface area contributed by atoms with Crippen LogP contribution >= 0.6 is 0 Å². The Kier molecular flexibility index (Phi) is 10.5. The molecule has 0 radical (unpaired) electrons. The minimum Gasteiger partial charge on any atom is -0.393 e. The summed E-state index contributed by atoms with van der Waals surface area (Å²) < 4.78 is 0. The Morgan fingerprint density at radius 2 is 1.06 bits per heavy atom. The minimum atomic E-state index is -0.0340. The van der Waals surface area contributed by atoms with Gasteiger partial charge in [-0.2, -0.15) is 0 Å². The molecule has 0 saturated heterocycles. The van der Waals surface area contributed by atoms with E-state index in [-0.39, 0.29) is 12.2 Å². The van der Waals surface area contributed by atoms with Crippen molar-refractivity contribution in [3.63, 3.8) is 0 Å². The molecule has 0 aliphatic heterocycles. The summed E-state index contributed by atoms with van der Waals surface area (Å²) in [7, 11) is 0. The average molecular weight is 461 g/mol. The van der Waals surface area contributed by atoms with E-state index < -0.39 is 0 Å². The second-order valence-electron chi connectivity index (χ2n) is 12.9. The highest BCUT2D eigenvalue weighted by molar-refractivity contribution is 4.93. The Balaban J connectivity index is 1.44. The number of hydrogen-bond donors (Lipinski definition) is 2. The molecule has 2 nitrogen and oxygen atoms in total. The molecule has 0 bridgehead atoms. The van der Waals surface area contributed by atoms with Crippen molar-refractivity contribution in [2.75, 3.05) is 0 Å². The second-order valence-corrected chi connectivity index (χ2v) is 12.9. The fraction of sp³-hybridized carbons (Fsp3) is 1.00. The predicted molar refractivity (Wildman–Crippen MR) is 139 cm³/mol. The number of hydrogen-bond acceptors (Lipinski definition) is 2. The van der Waals surface area contributed by atoms with E-state index in [1.807, 2.05) is 0 Å². The van der Waals surface area contributed by atoms with Crippen LogP contribution in [0.3, 0.4) is 0 Å². The van der Waals surface area contributed by atoms with E-state index in [9.17, 15) is 10.2 Å². The third-order valence-corrected chi connectivity index (χ3v) is 10.9.